The van der Waals surface area contributed by atoms with Gasteiger partial charge in [0.1, 0.15) is 0 Å². The fraction of sp³-hybridized carbons (Fsp3) is 0.333. The molecule has 5 heteroatoms. The van der Waals surface area contributed by atoms with Crippen LogP contribution in [0.3, 0.4) is 0 Å². The average Bonchev–Trinajstić information content (AvgIpc) is 2.87. The predicted molar refractivity (Wildman–Crippen MR) is 79.7 cm³/mol. The second-order valence-corrected chi connectivity index (χ2v) is 4.76. The van der Waals surface area contributed by atoms with Crippen LogP contribution in [0.15, 0.2) is 36.5 Å². The first-order valence-electron chi connectivity index (χ1n) is 6.70. The molecule has 0 atom stereocenters. The van der Waals surface area contributed by atoms with E-state index >= 15 is 0 Å². The topological polar surface area (TPSA) is 64.2 Å². The van der Waals surface area contributed by atoms with Crippen molar-refractivity contribution in [2.24, 2.45) is 12.8 Å². The van der Waals surface area contributed by atoms with Gasteiger partial charge in [0.05, 0.1) is 0 Å². The summed E-state index contributed by atoms with van der Waals surface area (Å²) in [5.41, 5.74) is 8.01. The lowest BCUT2D eigenvalue weighted by Crippen LogP contribution is -2.33. The number of rotatable bonds is 5. The second-order valence-electron chi connectivity index (χ2n) is 4.76. The van der Waals surface area contributed by atoms with Gasteiger partial charge in [0.15, 0.2) is 5.69 Å². The van der Waals surface area contributed by atoms with Crippen LogP contribution in [-0.4, -0.2) is 28.8 Å². The molecule has 0 bridgehead atoms. The summed E-state index contributed by atoms with van der Waals surface area (Å²) in [5, 5.41) is 4.19. The zero-order valence-corrected chi connectivity index (χ0v) is 11.9. The van der Waals surface area contributed by atoms with Crippen molar-refractivity contribution in [1.29, 1.82) is 0 Å². The van der Waals surface area contributed by atoms with Crippen LogP contribution in [0, 0.1) is 6.92 Å². The number of benzene rings is 1. The van der Waals surface area contributed by atoms with Gasteiger partial charge in [-0.15, -0.1) is 0 Å². The number of anilines is 1. The molecule has 0 saturated heterocycles. The highest BCUT2D eigenvalue weighted by molar-refractivity contribution is 6.05. The highest BCUT2D eigenvalue weighted by atomic mass is 16.2. The van der Waals surface area contributed by atoms with E-state index in [1.807, 2.05) is 31.2 Å². The molecule has 0 aliphatic carbocycles. The van der Waals surface area contributed by atoms with Crippen LogP contribution in [0.25, 0.3) is 0 Å². The zero-order valence-electron chi connectivity index (χ0n) is 11.9. The minimum atomic E-state index is -0.0895. The number of aromatic nitrogens is 2. The van der Waals surface area contributed by atoms with Crippen molar-refractivity contribution >= 4 is 11.6 Å². The van der Waals surface area contributed by atoms with Crippen molar-refractivity contribution in [3.05, 3.63) is 47.8 Å². The summed E-state index contributed by atoms with van der Waals surface area (Å²) < 4.78 is 1.63. The molecule has 2 N–H and O–H groups in total. The van der Waals surface area contributed by atoms with Gasteiger partial charge >= 0.3 is 0 Å². The molecule has 106 valence electrons. The van der Waals surface area contributed by atoms with Crippen LogP contribution in [0.2, 0.25) is 0 Å². The molecule has 0 radical (unpaired) electrons. The lowest BCUT2D eigenvalue weighted by Gasteiger charge is -2.23. The monoisotopic (exact) mass is 272 g/mol. The zero-order chi connectivity index (χ0) is 14.5. The van der Waals surface area contributed by atoms with Crippen LogP contribution < -0.4 is 10.6 Å². The van der Waals surface area contributed by atoms with Gasteiger partial charge in [-0.05, 0) is 37.6 Å². The molecule has 0 aliphatic rings. The lowest BCUT2D eigenvalue weighted by atomic mass is 10.1. The Morgan fingerprint density at radius 1 is 1.35 bits per heavy atom. The van der Waals surface area contributed by atoms with Gasteiger partial charge in [-0.2, -0.15) is 5.10 Å². The van der Waals surface area contributed by atoms with E-state index in [1.54, 1.807) is 28.9 Å². The second kappa shape index (κ2) is 6.34. The van der Waals surface area contributed by atoms with Gasteiger partial charge in [0, 0.05) is 25.5 Å². The quantitative estimate of drug-likeness (QED) is 0.901. The van der Waals surface area contributed by atoms with E-state index in [0.29, 0.717) is 18.8 Å². The molecule has 1 aromatic heterocycles. The minimum Gasteiger partial charge on any atom is -0.330 e. The van der Waals surface area contributed by atoms with Crippen LogP contribution in [0.4, 0.5) is 5.69 Å². The van der Waals surface area contributed by atoms with Gasteiger partial charge < -0.3 is 10.6 Å². The summed E-state index contributed by atoms with van der Waals surface area (Å²) in [6.45, 7) is 3.14. The van der Waals surface area contributed by atoms with Gasteiger partial charge in [-0.1, -0.05) is 18.2 Å². The van der Waals surface area contributed by atoms with E-state index in [-0.39, 0.29) is 5.91 Å². The summed E-state index contributed by atoms with van der Waals surface area (Å²) in [7, 11) is 1.80. The standard InChI is InChI=1S/C15H20N4O/c1-12-6-3-4-7-14(12)19(10-5-9-16)15(20)13-8-11-18(2)17-13/h3-4,6-8,11H,5,9-10,16H2,1-2H3. The summed E-state index contributed by atoms with van der Waals surface area (Å²) in [6, 6.07) is 9.58. The molecule has 2 aromatic rings. The third-order valence-electron chi connectivity index (χ3n) is 3.17. The maximum atomic E-state index is 12.6. The fourth-order valence-corrected chi connectivity index (χ4v) is 2.11. The van der Waals surface area contributed by atoms with Crippen molar-refractivity contribution in [2.45, 2.75) is 13.3 Å². The Balaban J connectivity index is 2.32. The maximum absolute atomic E-state index is 12.6. The maximum Gasteiger partial charge on any atom is 0.278 e. The Hall–Kier alpha value is -2.14. The molecule has 0 aliphatic heterocycles. The molecule has 20 heavy (non-hydrogen) atoms. The van der Waals surface area contributed by atoms with E-state index in [2.05, 4.69) is 5.10 Å². The molecular weight excluding hydrogens is 252 g/mol. The summed E-state index contributed by atoms with van der Waals surface area (Å²) in [4.78, 5) is 14.4. The number of carbonyl (C=O) groups is 1. The number of hydrogen-bond donors (Lipinski definition) is 1. The van der Waals surface area contributed by atoms with Gasteiger partial charge in [0.25, 0.3) is 5.91 Å². The van der Waals surface area contributed by atoms with E-state index in [0.717, 1.165) is 17.7 Å². The number of carbonyl (C=O) groups excluding carboxylic acids is 1. The smallest absolute Gasteiger partial charge is 0.278 e. The average molecular weight is 272 g/mol. The largest absolute Gasteiger partial charge is 0.330 e. The Kier molecular flexibility index (Phi) is 4.53. The first-order chi connectivity index (χ1) is 9.63. The number of para-hydroxylation sites is 1. The summed E-state index contributed by atoms with van der Waals surface area (Å²) in [5.74, 6) is -0.0895. The first-order valence-corrected chi connectivity index (χ1v) is 6.70. The Labute approximate surface area is 119 Å². The highest BCUT2D eigenvalue weighted by Gasteiger charge is 2.20. The normalized spacial score (nSPS) is 10.6. The molecule has 0 spiro atoms. The fourth-order valence-electron chi connectivity index (χ4n) is 2.11. The Bertz CT molecular complexity index is 591. The lowest BCUT2D eigenvalue weighted by molar-refractivity contribution is 0.0981. The van der Waals surface area contributed by atoms with Gasteiger partial charge in [0.2, 0.25) is 0 Å². The first kappa shape index (κ1) is 14.3. The predicted octanol–water partition coefficient (Wildman–Crippen LogP) is 1.72. The number of aryl methyl sites for hydroxylation is 2. The van der Waals surface area contributed by atoms with Crippen molar-refractivity contribution in [1.82, 2.24) is 9.78 Å². The van der Waals surface area contributed by atoms with Crippen molar-refractivity contribution < 1.29 is 4.79 Å². The van der Waals surface area contributed by atoms with Gasteiger partial charge in [-0.3, -0.25) is 9.48 Å². The van der Waals surface area contributed by atoms with Gasteiger partial charge in [-0.25, -0.2) is 0 Å². The van der Waals surface area contributed by atoms with Crippen LogP contribution in [0.5, 0.6) is 0 Å². The molecule has 0 unspecified atom stereocenters. The molecule has 5 nitrogen and oxygen atoms in total. The molecule has 1 heterocycles. The minimum absolute atomic E-state index is 0.0895. The molecular formula is C15H20N4O. The third kappa shape index (κ3) is 3.05. The molecule has 0 fully saturated rings. The third-order valence-corrected chi connectivity index (χ3v) is 3.17. The SMILES string of the molecule is Cc1ccccc1N(CCCN)C(=O)c1ccn(C)n1. The molecule has 1 aromatic carbocycles. The van der Waals surface area contributed by atoms with E-state index < -0.39 is 0 Å². The Morgan fingerprint density at radius 2 is 2.10 bits per heavy atom. The number of nitrogens with zero attached hydrogens (tertiary/aromatic N) is 3. The molecule has 0 saturated carbocycles. The molecule has 2 rings (SSSR count). The van der Waals surface area contributed by atoms with Crippen molar-refractivity contribution in [3.8, 4) is 0 Å². The number of nitrogens with two attached hydrogens (primary N) is 1. The van der Waals surface area contributed by atoms with Crippen LogP contribution in [-0.2, 0) is 7.05 Å². The summed E-state index contributed by atoms with van der Waals surface area (Å²) in [6.07, 6.45) is 2.53. The number of amides is 1. The van der Waals surface area contributed by atoms with Crippen LogP contribution in [0.1, 0.15) is 22.5 Å². The summed E-state index contributed by atoms with van der Waals surface area (Å²) >= 11 is 0. The Morgan fingerprint density at radius 3 is 2.70 bits per heavy atom. The number of hydrogen-bond acceptors (Lipinski definition) is 3. The van der Waals surface area contributed by atoms with Crippen molar-refractivity contribution in [2.75, 3.05) is 18.0 Å². The van der Waals surface area contributed by atoms with E-state index in [4.69, 9.17) is 5.73 Å². The van der Waals surface area contributed by atoms with E-state index in [1.165, 1.54) is 0 Å². The van der Waals surface area contributed by atoms with Crippen LogP contribution >= 0.6 is 0 Å². The van der Waals surface area contributed by atoms with E-state index in [9.17, 15) is 4.79 Å². The van der Waals surface area contributed by atoms with Crippen molar-refractivity contribution in [3.63, 3.8) is 0 Å². The molecule has 1 amide bonds. The highest BCUT2D eigenvalue weighted by Crippen LogP contribution is 2.21.